The van der Waals surface area contributed by atoms with Crippen molar-refractivity contribution in [2.24, 2.45) is 0 Å². The zero-order chi connectivity index (χ0) is 13.7. The molecule has 0 amide bonds. The van der Waals surface area contributed by atoms with E-state index in [-0.39, 0.29) is 12.3 Å². The van der Waals surface area contributed by atoms with Gasteiger partial charge in [0.05, 0.1) is 23.7 Å². The summed E-state index contributed by atoms with van der Waals surface area (Å²) in [7, 11) is -3.21. The van der Waals surface area contributed by atoms with E-state index in [1.807, 2.05) is 30.3 Å². The van der Waals surface area contributed by atoms with Gasteiger partial charge in [-0.1, -0.05) is 30.3 Å². The quantitative estimate of drug-likeness (QED) is 0.900. The first kappa shape index (κ1) is 13.6. The topological polar surface area (TPSA) is 72.0 Å². The maximum Gasteiger partial charge on any atom is 0.211 e. The molecule has 6 heteroatoms. The van der Waals surface area contributed by atoms with Gasteiger partial charge >= 0.3 is 0 Å². The Balaban J connectivity index is 2.17. The van der Waals surface area contributed by atoms with Crippen molar-refractivity contribution in [3.8, 4) is 11.3 Å². The Bertz CT molecular complexity index is 642. The van der Waals surface area contributed by atoms with Crippen molar-refractivity contribution < 1.29 is 8.42 Å². The second-order valence-corrected chi connectivity index (χ2v) is 6.08. The molecular formula is C13H15N3O2S. The summed E-state index contributed by atoms with van der Waals surface area (Å²) in [5.74, 6) is 0.0592. The first-order valence-corrected chi connectivity index (χ1v) is 7.59. The molecule has 0 aliphatic carbocycles. The van der Waals surface area contributed by atoms with Gasteiger partial charge in [-0.05, 0) is 13.0 Å². The van der Waals surface area contributed by atoms with Gasteiger partial charge < -0.3 is 0 Å². The van der Waals surface area contributed by atoms with Crippen LogP contribution < -0.4 is 4.72 Å². The molecule has 0 fully saturated rings. The zero-order valence-corrected chi connectivity index (χ0v) is 11.4. The molecule has 0 aliphatic rings. The standard InChI is InChI=1S/C13H15N3O2S/c1-2-19(17,18)16-9-12-8-13(15-10-14-12)11-6-4-3-5-7-11/h3-8,10,16H,2,9H2,1H3. The molecular weight excluding hydrogens is 262 g/mol. The lowest BCUT2D eigenvalue weighted by molar-refractivity contribution is 0.581. The highest BCUT2D eigenvalue weighted by atomic mass is 32.2. The van der Waals surface area contributed by atoms with Crippen LogP contribution in [0, 0.1) is 0 Å². The van der Waals surface area contributed by atoms with Crippen LogP contribution in [0.15, 0.2) is 42.7 Å². The molecule has 100 valence electrons. The van der Waals surface area contributed by atoms with Crippen LogP contribution in [0.5, 0.6) is 0 Å². The summed E-state index contributed by atoms with van der Waals surface area (Å²) in [6.07, 6.45) is 1.44. The van der Waals surface area contributed by atoms with Crippen molar-refractivity contribution in [1.29, 1.82) is 0 Å². The fourth-order valence-corrected chi connectivity index (χ4v) is 2.12. The van der Waals surface area contributed by atoms with E-state index in [1.165, 1.54) is 6.33 Å². The number of aromatic nitrogens is 2. The molecule has 0 bridgehead atoms. The fraction of sp³-hybridized carbons (Fsp3) is 0.231. The number of hydrogen-bond acceptors (Lipinski definition) is 4. The number of sulfonamides is 1. The normalized spacial score (nSPS) is 11.4. The minimum atomic E-state index is -3.21. The molecule has 19 heavy (non-hydrogen) atoms. The van der Waals surface area contributed by atoms with E-state index in [0.717, 1.165) is 11.3 Å². The van der Waals surface area contributed by atoms with Gasteiger partial charge in [-0.25, -0.2) is 23.1 Å². The minimum Gasteiger partial charge on any atom is -0.240 e. The van der Waals surface area contributed by atoms with E-state index in [0.29, 0.717) is 5.69 Å². The summed E-state index contributed by atoms with van der Waals surface area (Å²) < 4.78 is 25.2. The van der Waals surface area contributed by atoms with Gasteiger partial charge in [0.2, 0.25) is 10.0 Å². The van der Waals surface area contributed by atoms with Crippen LogP contribution in [0.2, 0.25) is 0 Å². The molecule has 0 radical (unpaired) electrons. The van der Waals surface area contributed by atoms with Crippen molar-refractivity contribution in [2.75, 3.05) is 5.75 Å². The Morgan fingerprint density at radius 3 is 2.58 bits per heavy atom. The lowest BCUT2D eigenvalue weighted by Crippen LogP contribution is -2.25. The SMILES string of the molecule is CCS(=O)(=O)NCc1cc(-c2ccccc2)ncn1. The Hall–Kier alpha value is -1.79. The monoisotopic (exact) mass is 277 g/mol. The molecule has 5 nitrogen and oxygen atoms in total. The van der Waals surface area contributed by atoms with Crippen LogP contribution in [-0.2, 0) is 16.6 Å². The summed E-state index contributed by atoms with van der Waals surface area (Å²) in [4.78, 5) is 8.25. The lowest BCUT2D eigenvalue weighted by atomic mass is 10.1. The maximum atomic E-state index is 11.4. The molecule has 1 heterocycles. The molecule has 0 atom stereocenters. The molecule has 0 saturated heterocycles. The molecule has 2 rings (SSSR count). The van der Waals surface area contributed by atoms with Crippen LogP contribution in [0.3, 0.4) is 0 Å². The highest BCUT2D eigenvalue weighted by Crippen LogP contribution is 2.15. The highest BCUT2D eigenvalue weighted by Gasteiger charge is 2.07. The van der Waals surface area contributed by atoms with Crippen molar-refractivity contribution in [3.63, 3.8) is 0 Å². The fourth-order valence-electron chi connectivity index (χ4n) is 1.55. The minimum absolute atomic E-state index is 0.0592. The Kier molecular flexibility index (Phi) is 4.24. The van der Waals surface area contributed by atoms with E-state index >= 15 is 0 Å². The summed E-state index contributed by atoms with van der Waals surface area (Å²) in [5.41, 5.74) is 2.40. The van der Waals surface area contributed by atoms with E-state index < -0.39 is 10.0 Å². The van der Waals surface area contributed by atoms with E-state index in [9.17, 15) is 8.42 Å². The Morgan fingerprint density at radius 1 is 1.16 bits per heavy atom. The molecule has 1 aromatic heterocycles. The van der Waals surface area contributed by atoms with Crippen LogP contribution in [-0.4, -0.2) is 24.1 Å². The third-order valence-electron chi connectivity index (χ3n) is 2.65. The van der Waals surface area contributed by atoms with Crippen LogP contribution in [0.1, 0.15) is 12.6 Å². The Morgan fingerprint density at radius 2 is 1.89 bits per heavy atom. The maximum absolute atomic E-state index is 11.4. The number of nitrogens with zero attached hydrogens (tertiary/aromatic N) is 2. The van der Waals surface area contributed by atoms with Gasteiger partial charge in [0.1, 0.15) is 6.33 Å². The molecule has 2 aromatic rings. The number of benzene rings is 1. The predicted octanol–water partition coefficient (Wildman–Crippen LogP) is 1.58. The average Bonchev–Trinajstić information content (AvgIpc) is 2.47. The Labute approximate surface area is 112 Å². The molecule has 0 saturated carbocycles. The highest BCUT2D eigenvalue weighted by molar-refractivity contribution is 7.89. The van der Waals surface area contributed by atoms with Gasteiger partial charge in [-0.3, -0.25) is 0 Å². The summed E-state index contributed by atoms with van der Waals surface area (Å²) in [5, 5.41) is 0. The van der Waals surface area contributed by atoms with Crippen molar-refractivity contribution in [1.82, 2.24) is 14.7 Å². The van der Waals surface area contributed by atoms with Crippen molar-refractivity contribution in [2.45, 2.75) is 13.5 Å². The van der Waals surface area contributed by atoms with Crippen molar-refractivity contribution >= 4 is 10.0 Å². The lowest BCUT2D eigenvalue weighted by Gasteiger charge is -2.05. The van der Waals surface area contributed by atoms with Crippen molar-refractivity contribution in [3.05, 3.63) is 48.4 Å². The van der Waals surface area contributed by atoms with E-state index in [2.05, 4.69) is 14.7 Å². The summed E-state index contributed by atoms with van der Waals surface area (Å²) >= 11 is 0. The van der Waals surface area contributed by atoms with Gasteiger partial charge in [0.15, 0.2) is 0 Å². The molecule has 0 aliphatic heterocycles. The third-order valence-corrected chi connectivity index (χ3v) is 3.99. The number of hydrogen-bond donors (Lipinski definition) is 1. The number of rotatable bonds is 5. The van der Waals surface area contributed by atoms with Crippen LogP contribution in [0.25, 0.3) is 11.3 Å². The smallest absolute Gasteiger partial charge is 0.211 e. The first-order chi connectivity index (χ1) is 9.11. The summed E-state index contributed by atoms with van der Waals surface area (Å²) in [6, 6.07) is 11.5. The van der Waals surface area contributed by atoms with E-state index in [4.69, 9.17) is 0 Å². The average molecular weight is 277 g/mol. The number of nitrogens with one attached hydrogen (secondary N) is 1. The second kappa shape index (κ2) is 5.90. The van der Waals surface area contributed by atoms with Gasteiger partial charge in [-0.2, -0.15) is 0 Å². The molecule has 1 aromatic carbocycles. The van der Waals surface area contributed by atoms with Crippen LogP contribution in [0.4, 0.5) is 0 Å². The molecule has 1 N–H and O–H groups in total. The van der Waals surface area contributed by atoms with Gasteiger partial charge in [0, 0.05) is 5.56 Å². The van der Waals surface area contributed by atoms with E-state index in [1.54, 1.807) is 13.0 Å². The van der Waals surface area contributed by atoms with Crippen LogP contribution >= 0.6 is 0 Å². The van der Waals surface area contributed by atoms with Gasteiger partial charge in [0.25, 0.3) is 0 Å². The second-order valence-electron chi connectivity index (χ2n) is 3.99. The molecule has 0 spiro atoms. The largest absolute Gasteiger partial charge is 0.240 e. The molecule has 0 unspecified atom stereocenters. The zero-order valence-electron chi connectivity index (χ0n) is 10.6. The summed E-state index contributed by atoms with van der Waals surface area (Å²) in [6.45, 7) is 1.77. The first-order valence-electron chi connectivity index (χ1n) is 5.94. The van der Waals surface area contributed by atoms with Gasteiger partial charge in [-0.15, -0.1) is 0 Å². The third kappa shape index (κ3) is 3.84. The predicted molar refractivity (Wildman–Crippen MR) is 73.8 cm³/mol.